The average molecular weight is 420 g/mol. The number of hydrogen-bond acceptors (Lipinski definition) is 7. The fraction of sp³-hybridized carbons (Fsp3) is 0.263. The number of nitrogens with two attached hydrogens (primary N) is 1. The van der Waals surface area contributed by atoms with E-state index >= 15 is 0 Å². The number of fused-ring (bicyclic) bond motifs is 2. The molecule has 0 fully saturated rings. The lowest BCUT2D eigenvalue weighted by Gasteiger charge is -2.23. The van der Waals surface area contributed by atoms with E-state index in [0.717, 1.165) is 0 Å². The molecule has 1 aromatic carbocycles. The minimum absolute atomic E-state index is 0.0882. The molecule has 2 aromatic heterocycles. The molecule has 0 saturated heterocycles. The van der Waals surface area contributed by atoms with Gasteiger partial charge in [0.25, 0.3) is 5.91 Å². The number of carbonyl (C=O) groups excluding carboxylic acids is 1. The highest BCUT2D eigenvalue weighted by Crippen LogP contribution is 2.45. The van der Waals surface area contributed by atoms with E-state index in [1.54, 1.807) is 18.3 Å². The van der Waals surface area contributed by atoms with E-state index in [9.17, 15) is 13.6 Å². The number of nitrogens with zero attached hydrogens (tertiary/aromatic N) is 2. The van der Waals surface area contributed by atoms with Crippen molar-refractivity contribution in [2.24, 2.45) is 5.84 Å². The Morgan fingerprint density at radius 2 is 1.97 bits per heavy atom. The number of nitrogens with one attached hydrogen (secondary N) is 1. The molecular formula is C19H18F2N4O3S. The van der Waals surface area contributed by atoms with Gasteiger partial charge in [0.15, 0.2) is 11.5 Å². The summed E-state index contributed by atoms with van der Waals surface area (Å²) in [7, 11) is 0. The lowest BCUT2D eigenvalue weighted by Crippen LogP contribution is -2.41. The van der Waals surface area contributed by atoms with Gasteiger partial charge in [-0.15, -0.1) is 20.1 Å². The van der Waals surface area contributed by atoms with Gasteiger partial charge in [-0.25, -0.2) is 10.8 Å². The normalized spacial score (nSPS) is 14.8. The van der Waals surface area contributed by atoms with E-state index in [2.05, 4.69) is 19.8 Å². The molecule has 3 heterocycles. The summed E-state index contributed by atoms with van der Waals surface area (Å²) in [6.07, 6.45) is -2.10. The third-order valence-corrected chi connectivity index (χ3v) is 5.14. The van der Waals surface area contributed by atoms with Crippen LogP contribution in [-0.2, 0) is 0 Å². The van der Waals surface area contributed by atoms with Crippen molar-refractivity contribution < 1.29 is 23.0 Å². The Morgan fingerprint density at radius 1 is 1.24 bits per heavy atom. The van der Waals surface area contributed by atoms with Crippen LogP contribution in [-0.4, -0.2) is 22.7 Å². The molecule has 7 nitrogen and oxygen atoms in total. The lowest BCUT2D eigenvalue weighted by atomic mass is 10.1. The third-order valence-electron chi connectivity index (χ3n) is 4.04. The minimum Gasteiger partial charge on any atom is -0.395 e. The van der Waals surface area contributed by atoms with E-state index in [1.807, 2.05) is 20.8 Å². The van der Waals surface area contributed by atoms with Crippen molar-refractivity contribution in [2.75, 3.05) is 5.01 Å². The molecule has 1 aliphatic heterocycles. The number of benzene rings is 1. The Labute approximate surface area is 169 Å². The number of halogens is 2. The van der Waals surface area contributed by atoms with Gasteiger partial charge in [0.05, 0.1) is 11.4 Å². The molecule has 3 aromatic rings. The summed E-state index contributed by atoms with van der Waals surface area (Å²) in [4.78, 5) is 18.2. The summed E-state index contributed by atoms with van der Waals surface area (Å²) < 4.78 is 35.6. The number of alkyl halides is 2. The molecule has 4 rings (SSSR count). The Hall–Kier alpha value is -2.98. The van der Waals surface area contributed by atoms with Crippen LogP contribution in [0.25, 0.3) is 10.2 Å². The van der Waals surface area contributed by atoms with Crippen molar-refractivity contribution in [1.29, 1.82) is 0 Å². The molecule has 0 radical (unpaired) electrons. The van der Waals surface area contributed by atoms with Crippen LogP contribution in [0.5, 0.6) is 11.5 Å². The highest BCUT2D eigenvalue weighted by atomic mass is 32.1. The zero-order valence-electron chi connectivity index (χ0n) is 15.8. The van der Waals surface area contributed by atoms with Crippen molar-refractivity contribution in [3.05, 3.63) is 41.4 Å². The van der Waals surface area contributed by atoms with Crippen molar-refractivity contribution >= 4 is 38.8 Å². The zero-order valence-corrected chi connectivity index (χ0v) is 16.6. The fourth-order valence-electron chi connectivity index (χ4n) is 2.93. The molecule has 152 valence electrons. The quantitative estimate of drug-likeness (QED) is 0.489. The number of hydrogen-bond donors (Lipinski definition) is 2. The highest BCUT2D eigenvalue weighted by molar-refractivity contribution is 7.21. The molecular weight excluding hydrogens is 402 g/mol. The first-order valence-electron chi connectivity index (χ1n) is 8.69. The Balaban J connectivity index is 1.79. The van der Waals surface area contributed by atoms with Crippen LogP contribution in [0.2, 0.25) is 0 Å². The molecule has 3 N–H and O–H groups in total. The SMILES string of the molecule is CC(C)(C)NC(=O)c1sc2ncccc2c1N(N)c1ccc2c(c1)OC(F)(F)O2. The monoisotopic (exact) mass is 420 g/mol. The van der Waals surface area contributed by atoms with Gasteiger partial charge in [0.1, 0.15) is 9.71 Å². The Bertz CT molecular complexity index is 1110. The number of pyridine rings is 1. The zero-order chi connectivity index (χ0) is 21.0. The second-order valence-electron chi connectivity index (χ2n) is 7.51. The first kappa shape index (κ1) is 19.3. The van der Waals surface area contributed by atoms with Crippen molar-refractivity contribution in [1.82, 2.24) is 10.3 Å². The lowest BCUT2D eigenvalue weighted by molar-refractivity contribution is -0.286. The summed E-state index contributed by atoms with van der Waals surface area (Å²) in [6.45, 7) is 5.61. The standard InChI is InChI=1S/C19H18F2N4O3S/c1-18(2,3)24-16(26)15-14(11-5-4-8-23-17(11)29-15)25(22)10-6-7-12-13(9-10)28-19(20,21)27-12/h4-9H,22H2,1-3H3,(H,24,26). The Morgan fingerprint density at radius 3 is 2.69 bits per heavy atom. The van der Waals surface area contributed by atoms with Crippen LogP contribution in [0, 0.1) is 0 Å². The van der Waals surface area contributed by atoms with Gasteiger partial charge in [-0.2, -0.15) is 0 Å². The second kappa shape index (κ2) is 6.53. The van der Waals surface area contributed by atoms with Crippen LogP contribution >= 0.6 is 11.3 Å². The maximum atomic E-state index is 13.3. The van der Waals surface area contributed by atoms with Gasteiger partial charge in [-0.3, -0.25) is 9.80 Å². The van der Waals surface area contributed by atoms with Gasteiger partial charge < -0.3 is 14.8 Å². The maximum absolute atomic E-state index is 13.3. The number of anilines is 2. The van der Waals surface area contributed by atoms with Crippen LogP contribution in [0.15, 0.2) is 36.5 Å². The number of aromatic nitrogens is 1. The molecule has 0 bridgehead atoms. The summed E-state index contributed by atoms with van der Waals surface area (Å²) >= 11 is 1.20. The minimum atomic E-state index is -3.73. The van der Waals surface area contributed by atoms with Gasteiger partial charge in [0.2, 0.25) is 0 Å². The molecule has 1 amide bonds. The largest absolute Gasteiger partial charge is 0.586 e. The average Bonchev–Trinajstić information content (AvgIpc) is 3.14. The summed E-state index contributed by atoms with van der Waals surface area (Å²) in [5.74, 6) is 5.81. The second-order valence-corrected chi connectivity index (χ2v) is 8.51. The number of hydrazine groups is 1. The van der Waals surface area contributed by atoms with E-state index in [1.165, 1.54) is 34.5 Å². The van der Waals surface area contributed by atoms with E-state index in [0.29, 0.717) is 26.5 Å². The van der Waals surface area contributed by atoms with Crippen molar-refractivity contribution in [2.45, 2.75) is 32.6 Å². The topological polar surface area (TPSA) is 89.7 Å². The van der Waals surface area contributed by atoms with Crippen molar-refractivity contribution in [3.8, 4) is 11.5 Å². The predicted molar refractivity (Wildman–Crippen MR) is 106 cm³/mol. The van der Waals surface area contributed by atoms with Gasteiger partial charge in [-0.05, 0) is 45.0 Å². The molecule has 0 unspecified atom stereocenters. The van der Waals surface area contributed by atoms with Gasteiger partial charge in [0, 0.05) is 23.2 Å². The molecule has 0 atom stereocenters. The van der Waals surface area contributed by atoms with Crippen LogP contribution < -0.4 is 25.6 Å². The Kier molecular flexibility index (Phi) is 4.35. The molecule has 1 aliphatic rings. The molecule has 29 heavy (non-hydrogen) atoms. The first-order chi connectivity index (χ1) is 13.5. The summed E-state index contributed by atoms with van der Waals surface area (Å²) in [5.41, 5.74) is 0.311. The number of thiophene rings is 1. The molecule has 10 heteroatoms. The van der Waals surface area contributed by atoms with E-state index < -0.39 is 11.8 Å². The van der Waals surface area contributed by atoms with Crippen molar-refractivity contribution in [3.63, 3.8) is 0 Å². The third kappa shape index (κ3) is 3.68. The summed E-state index contributed by atoms with van der Waals surface area (Å²) in [5, 5.41) is 4.84. The predicted octanol–water partition coefficient (Wildman–Crippen LogP) is 4.16. The van der Waals surface area contributed by atoms with Crippen LogP contribution in [0.1, 0.15) is 30.4 Å². The number of amides is 1. The first-order valence-corrected chi connectivity index (χ1v) is 9.50. The molecule has 0 spiro atoms. The van der Waals surface area contributed by atoms with Crippen LogP contribution in [0.3, 0.4) is 0 Å². The number of ether oxygens (including phenoxy) is 2. The van der Waals surface area contributed by atoms with E-state index in [4.69, 9.17) is 5.84 Å². The van der Waals surface area contributed by atoms with Crippen LogP contribution in [0.4, 0.5) is 20.2 Å². The fourth-order valence-corrected chi connectivity index (χ4v) is 3.96. The summed E-state index contributed by atoms with van der Waals surface area (Å²) in [6, 6.07) is 7.71. The smallest absolute Gasteiger partial charge is 0.395 e. The molecule has 0 aliphatic carbocycles. The molecule has 0 saturated carbocycles. The number of carbonyl (C=O) groups is 1. The highest BCUT2D eigenvalue weighted by Gasteiger charge is 2.43. The van der Waals surface area contributed by atoms with Gasteiger partial charge >= 0.3 is 6.29 Å². The van der Waals surface area contributed by atoms with E-state index in [-0.39, 0.29) is 17.4 Å². The number of rotatable bonds is 3. The van der Waals surface area contributed by atoms with Gasteiger partial charge in [-0.1, -0.05) is 0 Å². The maximum Gasteiger partial charge on any atom is 0.586 e.